The average molecular weight is 233 g/mol. The van der Waals surface area contributed by atoms with Crippen LogP contribution in [0.1, 0.15) is 19.8 Å². The Morgan fingerprint density at radius 2 is 2.41 bits per heavy atom. The normalized spacial score (nSPS) is 10.4. The van der Waals surface area contributed by atoms with Crippen LogP contribution in [0.5, 0.6) is 0 Å². The summed E-state index contributed by atoms with van der Waals surface area (Å²) in [4.78, 5) is 22.8. The summed E-state index contributed by atoms with van der Waals surface area (Å²) in [5.74, 6) is 0.450. The van der Waals surface area contributed by atoms with E-state index in [1.807, 2.05) is 6.07 Å². The fourth-order valence-corrected chi connectivity index (χ4v) is 1.43. The SMILES string of the molecule is CCCCNC(=O)Nc1cnc2[nH]ccc2n1. The molecule has 0 atom stereocenters. The van der Waals surface area contributed by atoms with Gasteiger partial charge in [-0.05, 0) is 12.5 Å². The van der Waals surface area contributed by atoms with E-state index in [2.05, 4.69) is 32.5 Å². The number of nitrogens with zero attached hydrogens (tertiary/aromatic N) is 2. The lowest BCUT2D eigenvalue weighted by Crippen LogP contribution is -2.29. The molecule has 0 aliphatic rings. The summed E-state index contributed by atoms with van der Waals surface area (Å²) < 4.78 is 0. The van der Waals surface area contributed by atoms with E-state index < -0.39 is 0 Å². The van der Waals surface area contributed by atoms with Gasteiger partial charge in [0.15, 0.2) is 11.5 Å². The summed E-state index contributed by atoms with van der Waals surface area (Å²) in [6.07, 6.45) is 5.30. The number of aromatic amines is 1. The zero-order valence-corrected chi connectivity index (χ0v) is 9.66. The lowest BCUT2D eigenvalue weighted by atomic mass is 10.3. The smallest absolute Gasteiger partial charge is 0.320 e. The van der Waals surface area contributed by atoms with E-state index in [1.165, 1.54) is 6.20 Å². The predicted molar refractivity (Wildman–Crippen MR) is 65.8 cm³/mol. The van der Waals surface area contributed by atoms with E-state index >= 15 is 0 Å². The van der Waals surface area contributed by atoms with Crippen molar-refractivity contribution in [3.63, 3.8) is 0 Å². The summed E-state index contributed by atoms with van der Waals surface area (Å²) in [6.45, 7) is 2.74. The zero-order chi connectivity index (χ0) is 12.1. The topological polar surface area (TPSA) is 82.7 Å². The van der Waals surface area contributed by atoms with Crippen LogP contribution in [0.2, 0.25) is 0 Å². The molecule has 3 N–H and O–H groups in total. The van der Waals surface area contributed by atoms with Gasteiger partial charge in [0, 0.05) is 12.7 Å². The molecule has 6 heteroatoms. The first-order valence-electron chi connectivity index (χ1n) is 5.64. The zero-order valence-electron chi connectivity index (χ0n) is 9.66. The molecule has 2 aromatic heterocycles. The van der Waals surface area contributed by atoms with Crippen molar-refractivity contribution in [2.45, 2.75) is 19.8 Å². The molecule has 0 fully saturated rings. The Kier molecular flexibility index (Phi) is 3.54. The van der Waals surface area contributed by atoms with Crippen molar-refractivity contribution in [1.82, 2.24) is 20.3 Å². The van der Waals surface area contributed by atoms with Crippen LogP contribution in [0.25, 0.3) is 11.2 Å². The third kappa shape index (κ3) is 2.93. The number of H-pyrrole nitrogens is 1. The Labute approximate surface area is 98.8 Å². The van der Waals surface area contributed by atoms with Gasteiger partial charge >= 0.3 is 6.03 Å². The number of unbranched alkanes of at least 4 members (excludes halogenated alkanes) is 1. The monoisotopic (exact) mass is 233 g/mol. The van der Waals surface area contributed by atoms with E-state index in [-0.39, 0.29) is 6.03 Å². The molecule has 90 valence electrons. The van der Waals surface area contributed by atoms with Crippen LogP contribution in [-0.4, -0.2) is 27.5 Å². The van der Waals surface area contributed by atoms with Crippen LogP contribution < -0.4 is 10.6 Å². The molecule has 2 aromatic rings. The quantitative estimate of drug-likeness (QED) is 0.705. The lowest BCUT2D eigenvalue weighted by molar-refractivity contribution is 0.252. The minimum absolute atomic E-state index is 0.248. The second-order valence-corrected chi connectivity index (χ2v) is 3.70. The molecule has 0 saturated carbocycles. The van der Waals surface area contributed by atoms with Gasteiger partial charge in [-0.15, -0.1) is 0 Å². The molecule has 0 aliphatic heterocycles. The third-order valence-corrected chi connectivity index (χ3v) is 2.32. The van der Waals surface area contributed by atoms with Gasteiger partial charge in [0.05, 0.1) is 6.20 Å². The van der Waals surface area contributed by atoms with Crippen LogP contribution in [0.3, 0.4) is 0 Å². The van der Waals surface area contributed by atoms with Gasteiger partial charge in [-0.1, -0.05) is 13.3 Å². The minimum Gasteiger partial charge on any atom is -0.345 e. The molecule has 0 unspecified atom stereocenters. The summed E-state index contributed by atoms with van der Waals surface area (Å²) in [6, 6.07) is 1.56. The number of hydrogen-bond donors (Lipinski definition) is 3. The summed E-state index contributed by atoms with van der Waals surface area (Å²) >= 11 is 0. The molecular weight excluding hydrogens is 218 g/mol. The van der Waals surface area contributed by atoms with E-state index in [0.717, 1.165) is 18.4 Å². The van der Waals surface area contributed by atoms with Crippen molar-refractivity contribution in [1.29, 1.82) is 0 Å². The minimum atomic E-state index is -0.248. The number of anilines is 1. The number of urea groups is 1. The van der Waals surface area contributed by atoms with Crippen LogP contribution in [0, 0.1) is 0 Å². The number of carbonyl (C=O) groups excluding carboxylic acids is 1. The second-order valence-electron chi connectivity index (χ2n) is 3.70. The highest BCUT2D eigenvalue weighted by Crippen LogP contribution is 2.09. The van der Waals surface area contributed by atoms with Gasteiger partial charge in [0.1, 0.15) is 5.52 Å². The van der Waals surface area contributed by atoms with Crippen LogP contribution in [0.15, 0.2) is 18.5 Å². The van der Waals surface area contributed by atoms with E-state index in [0.29, 0.717) is 18.0 Å². The highest BCUT2D eigenvalue weighted by molar-refractivity contribution is 5.88. The number of aromatic nitrogens is 3. The number of rotatable bonds is 4. The molecule has 0 aliphatic carbocycles. The van der Waals surface area contributed by atoms with Crippen molar-refractivity contribution >= 4 is 23.0 Å². The largest absolute Gasteiger partial charge is 0.345 e. The first-order chi connectivity index (χ1) is 8.29. The molecule has 0 radical (unpaired) electrons. The van der Waals surface area contributed by atoms with Crippen molar-refractivity contribution in [2.24, 2.45) is 0 Å². The Morgan fingerprint density at radius 1 is 1.53 bits per heavy atom. The Balaban J connectivity index is 1.95. The van der Waals surface area contributed by atoms with Crippen LogP contribution >= 0.6 is 0 Å². The Hall–Kier alpha value is -2.11. The highest BCUT2D eigenvalue weighted by Gasteiger charge is 2.04. The van der Waals surface area contributed by atoms with Crippen LogP contribution in [-0.2, 0) is 0 Å². The maximum absolute atomic E-state index is 11.5. The highest BCUT2D eigenvalue weighted by atomic mass is 16.2. The van der Waals surface area contributed by atoms with Gasteiger partial charge in [-0.25, -0.2) is 14.8 Å². The van der Waals surface area contributed by atoms with Crippen LogP contribution in [0.4, 0.5) is 10.6 Å². The molecular formula is C11H15N5O. The molecule has 0 spiro atoms. The number of carbonyl (C=O) groups is 1. The maximum Gasteiger partial charge on any atom is 0.320 e. The average Bonchev–Trinajstić information content (AvgIpc) is 2.76. The van der Waals surface area contributed by atoms with Gasteiger partial charge in [-0.2, -0.15) is 0 Å². The molecule has 2 heterocycles. The van der Waals surface area contributed by atoms with Crippen molar-refractivity contribution < 1.29 is 4.79 Å². The maximum atomic E-state index is 11.5. The third-order valence-electron chi connectivity index (χ3n) is 2.32. The molecule has 6 nitrogen and oxygen atoms in total. The number of hydrogen-bond acceptors (Lipinski definition) is 3. The summed E-state index contributed by atoms with van der Waals surface area (Å²) in [5, 5.41) is 5.39. The molecule has 0 bridgehead atoms. The molecule has 17 heavy (non-hydrogen) atoms. The molecule has 2 rings (SSSR count). The number of fused-ring (bicyclic) bond motifs is 1. The lowest BCUT2D eigenvalue weighted by Gasteiger charge is -2.05. The van der Waals surface area contributed by atoms with Crippen molar-refractivity contribution in [2.75, 3.05) is 11.9 Å². The van der Waals surface area contributed by atoms with E-state index in [1.54, 1.807) is 6.20 Å². The summed E-state index contributed by atoms with van der Waals surface area (Å²) in [5.41, 5.74) is 1.44. The van der Waals surface area contributed by atoms with Gasteiger partial charge in [-0.3, -0.25) is 5.32 Å². The fourth-order valence-electron chi connectivity index (χ4n) is 1.43. The fraction of sp³-hybridized carbons (Fsp3) is 0.364. The summed E-state index contributed by atoms with van der Waals surface area (Å²) in [7, 11) is 0. The standard InChI is InChI=1S/C11H15N5O/c1-2-3-5-13-11(17)16-9-7-14-10-8(15-9)4-6-12-10/h4,6-7H,2-3,5H2,1H3,(H,12,14)(H2,13,15,16,17). The van der Waals surface area contributed by atoms with Crippen molar-refractivity contribution in [3.05, 3.63) is 18.5 Å². The van der Waals surface area contributed by atoms with Gasteiger partial charge in [0.25, 0.3) is 0 Å². The second kappa shape index (κ2) is 5.29. The first-order valence-corrected chi connectivity index (χ1v) is 5.64. The molecule has 2 amide bonds. The van der Waals surface area contributed by atoms with Gasteiger partial charge < -0.3 is 10.3 Å². The molecule has 0 aromatic carbocycles. The predicted octanol–water partition coefficient (Wildman–Crippen LogP) is 1.88. The van der Waals surface area contributed by atoms with Gasteiger partial charge in [0.2, 0.25) is 0 Å². The first kappa shape index (κ1) is 11.4. The van der Waals surface area contributed by atoms with Crippen molar-refractivity contribution in [3.8, 4) is 0 Å². The van der Waals surface area contributed by atoms with E-state index in [4.69, 9.17) is 0 Å². The van der Waals surface area contributed by atoms with E-state index in [9.17, 15) is 4.79 Å². The molecule has 0 saturated heterocycles. The Bertz CT molecular complexity index is 507. The number of nitrogens with one attached hydrogen (secondary N) is 3. The Morgan fingerprint density at radius 3 is 3.24 bits per heavy atom. The number of amides is 2.